The van der Waals surface area contributed by atoms with Crippen molar-refractivity contribution in [2.45, 2.75) is 13.0 Å². The number of amides is 1. The van der Waals surface area contributed by atoms with E-state index >= 15 is 0 Å². The molecule has 0 radical (unpaired) electrons. The minimum Gasteiger partial charge on any atom is -0.375 e. The zero-order valence-electron chi connectivity index (χ0n) is 6.37. The van der Waals surface area contributed by atoms with E-state index in [0.717, 1.165) is 23.6 Å². The average molecular weight is 184 g/mol. The molecule has 2 heterocycles. The first-order valence-electron chi connectivity index (χ1n) is 3.66. The summed E-state index contributed by atoms with van der Waals surface area (Å²) in [6, 6.07) is 0. The largest absolute Gasteiger partial charge is 0.375 e. The summed E-state index contributed by atoms with van der Waals surface area (Å²) in [4.78, 5) is 15.5. The number of nitrogens with zero attached hydrogens (tertiary/aromatic N) is 1. The fourth-order valence-electron chi connectivity index (χ4n) is 1.14. The number of nitrogens with one attached hydrogen (secondary N) is 1. The lowest BCUT2D eigenvalue weighted by molar-refractivity contribution is -0.105. The normalized spacial score (nSPS) is 15.3. The van der Waals surface area contributed by atoms with Crippen LogP contribution in [0.1, 0.15) is 10.6 Å². The zero-order valence-corrected chi connectivity index (χ0v) is 7.19. The molecular weight excluding hydrogens is 176 g/mol. The molecule has 1 aromatic heterocycles. The van der Waals surface area contributed by atoms with E-state index in [1.807, 2.05) is 0 Å². The number of hydrogen-bond donors (Lipinski definition) is 1. The molecule has 0 aromatic carbocycles. The fraction of sp³-hybridized carbons (Fsp3) is 0.429. The molecule has 0 fully saturated rings. The van der Waals surface area contributed by atoms with Gasteiger partial charge in [-0.3, -0.25) is 4.79 Å². The molecule has 0 spiro atoms. The predicted octanol–water partition coefficient (Wildman–Crippen LogP) is 0.784. The second-order valence-electron chi connectivity index (χ2n) is 2.45. The number of thiazole rings is 1. The van der Waals surface area contributed by atoms with Gasteiger partial charge in [-0.05, 0) is 0 Å². The van der Waals surface area contributed by atoms with Crippen molar-refractivity contribution < 1.29 is 9.53 Å². The monoisotopic (exact) mass is 184 g/mol. The van der Waals surface area contributed by atoms with Crippen molar-refractivity contribution in [2.75, 3.05) is 11.9 Å². The highest BCUT2D eigenvalue weighted by Gasteiger charge is 2.14. The Morgan fingerprint density at radius 1 is 1.67 bits per heavy atom. The third-order valence-corrected chi connectivity index (χ3v) is 2.68. The first-order valence-corrected chi connectivity index (χ1v) is 4.48. The predicted molar refractivity (Wildman–Crippen MR) is 45.2 cm³/mol. The Morgan fingerprint density at radius 3 is 3.33 bits per heavy atom. The van der Waals surface area contributed by atoms with Crippen molar-refractivity contribution in [1.29, 1.82) is 0 Å². The van der Waals surface area contributed by atoms with Gasteiger partial charge in [-0.15, -0.1) is 0 Å². The maximum atomic E-state index is 10.1. The van der Waals surface area contributed by atoms with Crippen molar-refractivity contribution in [3.8, 4) is 0 Å². The van der Waals surface area contributed by atoms with E-state index in [1.165, 1.54) is 11.3 Å². The van der Waals surface area contributed by atoms with Crippen molar-refractivity contribution in [2.24, 2.45) is 0 Å². The third-order valence-electron chi connectivity index (χ3n) is 1.68. The molecule has 4 nitrogen and oxygen atoms in total. The summed E-state index contributed by atoms with van der Waals surface area (Å²) < 4.78 is 5.24. The van der Waals surface area contributed by atoms with Gasteiger partial charge in [-0.1, -0.05) is 11.3 Å². The Labute approximate surface area is 73.6 Å². The minimum atomic E-state index is 0.632. The van der Waals surface area contributed by atoms with Crippen LogP contribution in [0.4, 0.5) is 5.13 Å². The van der Waals surface area contributed by atoms with E-state index in [9.17, 15) is 4.79 Å². The van der Waals surface area contributed by atoms with Crippen LogP contribution in [0.15, 0.2) is 0 Å². The Balaban J connectivity index is 2.25. The van der Waals surface area contributed by atoms with Gasteiger partial charge in [0, 0.05) is 6.42 Å². The Hall–Kier alpha value is -0.940. The first kappa shape index (κ1) is 7.70. The van der Waals surface area contributed by atoms with Crippen molar-refractivity contribution in [1.82, 2.24) is 4.98 Å². The number of fused-ring (bicyclic) bond motifs is 1. The quantitative estimate of drug-likeness (QED) is 0.691. The van der Waals surface area contributed by atoms with Gasteiger partial charge in [-0.2, -0.15) is 0 Å². The smallest absolute Gasteiger partial charge is 0.213 e. The van der Waals surface area contributed by atoms with Crippen LogP contribution in [-0.4, -0.2) is 18.0 Å². The standard InChI is InChI=1S/C7H8N2O2S/c10-4-8-7-9-5-1-2-11-3-6(5)12-7/h4H,1-3H2,(H,8,9,10). The van der Waals surface area contributed by atoms with Gasteiger partial charge in [0.25, 0.3) is 0 Å². The van der Waals surface area contributed by atoms with Crippen molar-refractivity contribution in [3.05, 3.63) is 10.6 Å². The lowest BCUT2D eigenvalue weighted by Crippen LogP contribution is -2.07. The van der Waals surface area contributed by atoms with Crippen LogP contribution in [0.3, 0.4) is 0 Å². The second-order valence-corrected chi connectivity index (χ2v) is 3.54. The molecule has 2 rings (SSSR count). The SMILES string of the molecule is O=CNc1nc2c(s1)COCC2. The molecule has 0 unspecified atom stereocenters. The van der Waals surface area contributed by atoms with Gasteiger partial charge < -0.3 is 10.1 Å². The summed E-state index contributed by atoms with van der Waals surface area (Å²) in [5, 5.41) is 3.20. The number of ether oxygens (including phenoxy) is 1. The van der Waals surface area contributed by atoms with Crippen molar-refractivity contribution in [3.63, 3.8) is 0 Å². The Kier molecular flexibility index (Phi) is 2.05. The molecule has 1 aromatic rings. The highest BCUT2D eigenvalue weighted by molar-refractivity contribution is 7.15. The van der Waals surface area contributed by atoms with Crippen LogP contribution in [0, 0.1) is 0 Å². The van der Waals surface area contributed by atoms with Gasteiger partial charge in [-0.25, -0.2) is 4.98 Å². The third kappa shape index (κ3) is 1.33. The van der Waals surface area contributed by atoms with E-state index in [-0.39, 0.29) is 0 Å². The molecule has 12 heavy (non-hydrogen) atoms. The van der Waals surface area contributed by atoms with Gasteiger partial charge in [0.1, 0.15) is 0 Å². The molecule has 1 aliphatic rings. The average Bonchev–Trinajstić information content (AvgIpc) is 2.47. The van der Waals surface area contributed by atoms with Gasteiger partial charge in [0.15, 0.2) is 5.13 Å². The lowest BCUT2D eigenvalue weighted by atomic mass is 10.2. The van der Waals surface area contributed by atoms with Crippen molar-refractivity contribution >= 4 is 22.9 Å². The number of carbonyl (C=O) groups excluding carboxylic acids is 1. The van der Waals surface area contributed by atoms with E-state index in [0.29, 0.717) is 18.1 Å². The van der Waals surface area contributed by atoms with E-state index in [1.54, 1.807) is 0 Å². The molecule has 1 aliphatic heterocycles. The Bertz CT molecular complexity index is 274. The summed E-state index contributed by atoms with van der Waals surface area (Å²) in [6.45, 7) is 1.37. The molecule has 64 valence electrons. The molecule has 1 amide bonds. The van der Waals surface area contributed by atoms with Crippen LogP contribution in [-0.2, 0) is 22.6 Å². The molecule has 0 bridgehead atoms. The van der Waals surface area contributed by atoms with Gasteiger partial charge >= 0.3 is 0 Å². The lowest BCUT2D eigenvalue weighted by Gasteiger charge is -2.08. The summed E-state index contributed by atoms with van der Waals surface area (Å²) in [5.74, 6) is 0. The first-order chi connectivity index (χ1) is 5.90. The minimum absolute atomic E-state index is 0.632. The highest BCUT2D eigenvalue weighted by atomic mass is 32.1. The zero-order chi connectivity index (χ0) is 8.39. The molecule has 0 atom stereocenters. The van der Waals surface area contributed by atoms with Crippen LogP contribution in [0.25, 0.3) is 0 Å². The molecule has 0 saturated carbocycles. The van der Waals surface area contributed by atoms with Crippen LogP contribution >= 0.6 is 11.3 Å². The van der Waals surface area contributed by atoms with Crippen LogP contribution < -0.4 is 5.32 Å². The topological polar surface area (TPSA) is 51.2 Å². The van der Waals surface area contributed by atoms with Gasteiger partial charge in [0.2, 0.25) is 6.41 Å². The number of carbonyl (C=O) groups is 1. The number of anilines is 1. The molecule has 0 saturated heterocycles. The highest BCUT2D eigenvalue weighted by Crippen LogP contribution is 2.26. The fourth-order valence-corrected chi connectivity index (χ4v) is 2.04. The van der Waals surface area contributed by atoms with Gasteiger partial charge in [0.05, 0.1) is 23.8 Å². The number of aromatic nitrogens is 1. The maximum Gasteiger partial charge on any atom is 0.213 e. The second kappa shape index (κ2) is 3.20. The number of hydrogen-bond acceptors (Lipinski definition) is 4. The molecule has 5 heteroatoms. The van der Waals surface area contributed by atoms with Crippen LogP contribution in [0.5, 0.6) is 0 Å². The van der Waals surface area contributed by atoms with E-state index in [2.05, 4.69) is 10.3 Å². The maximum absolute atomic E-state index is 10.1. The van der Waals surface area contributed by atoms with E-state index < -0.39 is 0 Å². The molecular formula is C7H8N2O2S. The van der Waals surface area contributed by atoms with Crippen LogP contribution in [0.2, 0.25) is 0 Å². The summed E-state index contributed by atoms with van der Waals surface area (Å²) in [6.07, 6.45) is 1.50. The number of rotatable bonds is 2. The Morgan fingerprint density at radius 2 is 2.58 bits per heavy atom. The molecule has 1 N–H and O–H groups in total. The molecule has 0 aliphatic carbocycles. The summed E-state index contributed by atoms with van der Waals surface area (Å²) >= 11 is 1.48. The summed E-state index contributed by atoms with van der Waals surface area (Å²) in [7, 11) is 0. The van der Waals surface area contributed by atoms with E-state index in [4.69, 9.17) is 4.74 Å². The summed E-state index contributed by atoms with van der Waals surface area (Å²) in [5.41, 5.74) is 1.07.